The summed E-state index contributed by atoms with van der Waals surface area (Å²) in [7, 11) is -3.89. The Morgan fingerprint density at radius 3 is 2.85 bits per heavy atom. The molecule has 2 N–H and O–H groups in total. The lowest BCUT2D eigenvalue weighted by atomic mass is 10.2. The summed E-state index contributed by atoms with van der Waals surface area (Å²) >= 11 is 1.52. The maximum Gasteiger partial charge on any atom is 0.241 e. The number of aromatic nitrogens is 4. The second-order valence-electron chi connectivity index (χ2n) is 5.44. The zero-order chi connectivity index (χ0) is 18.9. The maximum atomic E-state index is 14.0. The Morgan fingerprint density at radius 1 is 1.22 bits per heavy atom. The van der Waals surface area contributed by atoms with Crippen LogP contribution in [0.4, 0.5) is 4.39 Å². The molecule has 0 unspecified atom stereocenters. The molecule has 0 saturated heterocycles. The molecule has 0 fully saturated rings. The third-order valence-corrected chi connectivity index (χ3v) is 5.98. The fourth-order valence-corrected chi connectivity index (χ4v) is 4.10. The Hall–Kier alpha value is -2.89. The van der Waals surface area contributed by atoms with E-state index in [0.29, 0.717) is 11.5 Å². The van der Waals surface area contributed by atoms with Gasteiger partial charge in [-0.2, -0.15) is 5.21 Å². The van der Waals surface area contributed by atoms with Crippen molar-refractivity contribution in [2.75, 3.05) is 0 Å². The number of halogens is 1. The predicted octanol–water partition coefficient (Wildman–Crippen LogP) is 2.81. The number of H-pyrrole nitrogens is 1. The van der Waals surface area contributed by atoms with Gasteiger partial charge in [-0.1, -0.05) is 6.07 Å². The molecule has 0 aliphatic heterocycles. The highest BCUT2D eigenvalue weighted by molar-refractivity contribution is 7.89. The number of nitrogens with one attached hydrogen (secondary N) is 2. The monoisotopic (exact) mass is 405 g/mol. The van der Waals surface area contributed by atoms with Crippen LogP contribution in [0.1, 0.15) is 5.76 Å². The van der Waals surface area contributed by atoms with Crippen molar-refractivity contribution in [2.45, 2.75) is 11.4 Å². The van der Waals surface area contributed by atoms with Gasteiger partial charge in [0.1, 0.15) is 17.3 Å². The maximum absolute atomic E-state index is 14.0. The number of benzene rings is 1. The molecule has 0 saturated carbocycles. The average Bonchev–Trinajstić information content (AvgIpc) is 3.42. The summed E-state index contributed by atoms with van der Waals surface area (Å²) in [6, 6.07) is 10.7. The van der Waals surface area contributed by atoms with E-state index < -0.39 is 15.8 Å². The Bertz CT molecular complexity index is 1150. The fourth-order valence-electron chi connectivity index (χ4n) is 2.39. The third kappa shape index (κ3) is 3.65. The molecule has 0 radical (unpaired) electrons. The largest absolute Gasteiger partial charge is 0.459 e. The summed E-state index contributed by atoms with van der Waals surface area (Å²) in [6.07, 6.45) is 0. The first kappa shape index (κ1) is 17.5. The number of thiophene rings is 1. The molecule has 0 aliphatic carbocycles. The number of nitrogens with zero attached hydrogens (tertiary/aromatic N) is 3. The lowest BCUT2D eigenvalue weighted by molar-refractivity contribution is 0.510. The lowest BCUT2D eigenvalue weighted by Crippen LogP contribution is -2.23. The molecule has 3 heterocycles. The highest BCUT2D eigenvalue weighted by Gasteiger charge is 2.19. The molecular weight excluding hydrogens is 393 g/mol. The summed E-state index contributed by atoms with van der Waals surface area (Å²) in [5.74, 6) is 0.445. The van der Waals surface area contributed by atoms with Crippen LogP contribution < -0.4 is 4.72 Å². The van der Waals surface area contributed by atoms with E-state index in [1.807, 2.05) is 17.5 Å². The third-order valence-electron chi connectivity index (χ3n) is 3.70. The van der Waals surface area contributed by atoms with Crippen LogP contribution in [0.15, 0.2) is 57.2 Å². The van der Waals surface area contributed by atoms with Gasteiger partial charge < -0.3 is 4.42 Å². The number of tetrazole rings is 1. The summed E-state index contributed by atoms with van der Waals surface area (Å²) in [5, 5.41) is 14.8. The quantitative estimate of drug-likeness (QED) is 0.510. The smallest absolute Gasteiger partial charge is 0.241 e. The lowest BCUT2D eigenvalue weighted by Gasteiger charge is -2.07. The van der Waals surface area contributed by atoms with Crippen molar-refractivity contribution < 1.29 is 17.2 Å². The summed E-state index contributed by atoms with van der Waals surface area (Å²) in [6.45, 7) is -0.0391. The molecule has 138 valence electrons. The Kier molecular flexibility index (Phi) is 4.56. The van der Waals surface area contributed by atoms with Crippen LogP contribution in [-0.2, 0) is 16.6 Å². The van der Waals surface area contributed by atoms with Gasteiger partial charge in [0.25, 0.3) is 0 Å². The van der Waals surface area contributed by atoms with Gasteiger partial charge in [-0.05, 0) is 47.0 Å². The van der Waals surface area contributed by atoms with Crippen LogP contribution in [0.3, 0.4) is 0 Å². The number of rotatable bonds is 6. The molecule has 0 spiro atoms. The van der Waals surface area contributed by atoms with Gasteiger partial charge in [-0.15, -0.1) is 21.5 Å². The standard InChI is InChI=1S/C16H12FN5O3S2/c17-13-5-4-11(8-12(13)16-19-21-22-20-16)27(23,24)18-9-10-3-6-14(25-10)15-2-1-7-26-15/h1-8,18H,9H2,(H,19,20,21,22). The molecule has 0 aliphatic rings. The van der Waals surface area contributed by atoms with Crippen LogP contribution in [0, 0.1) is 5.82 Å². The Balaban J connectivity index is 1.53. The zero-order valence-electron chi connectivity index (χ0n) is 13.6. The van der Waals surface area contributed by atoms with Gasteiger partial charge in [0, 0.05) is 0 Å². The SMILES string of the molecule is O=S(=O)(NCc1ccc(-c2cccs2)o1)c1ccc(F)c(-c2nn[nH]n2)c1. The molecule has 0 atom stereocenters. The van der Waals surface area contributed by atoms with Crippen molar-refractivity contribution in [2.24, 2.45) is 0 Å². The van der Waals surface area contributed by atoms with Crippen molar-refractivity contribution in [1.29, 1.82) is 0 Å². The minimum absolute atomic E-state index is 0.0313. The van der Waals surface area contributed by atoms with Crippen molar-refractivity contribution in [1.82, 2.24) is 25.3 Å². The molecule has 0 bridgehead atoms. The molecule has 0 amide bonds. The van der Waals surface area contributed by atoms with E-state index in [4.69, 9.17) is 4.42 Å². The topological polar surface area (TPSA) is 114 Å². The average molecular weight is 405 g/mol. The molecule has 8 nitrogen and oxygen atoms in total. The minimum atomic E-state index is -3.89. The Morgan fingerprint density at radius 2 is 2.11 bits per heavy atom. The summed E-state index contributed by atoms with van der Waals surface area (Å²) < 4.78 is 47.1. The van der Waals surface area contributed by atoms with Gasteiger partial charge in [0.2, 0.25) is 15.8 Å². The molecule has 1 aromatic carbocycles. The van der Waals surface area contributed by atoms with Crippen molar-refractivity contribution in [3.8, 4) is 22.0 Å². The van der Waals surface area contributed by atoms with Gasteiger partial charge >= 0.3 is 0 Å². The van der Waals surface area contributed by atoms with Crippen LogP contribution in [0.25, 0.3) is 22.0 Å². The molecule has 27 heavy (non-hydrogen) atoms. The van der Waals surface area contributed by atoms with Crippen molar-refractivity contribution in [3.05, 3.63) is 59.4 Å². The van der Waals surface area contributed by atoms with E-state index in [0.717, 1.165) is 17.0 Å². The first-order valence-corrected chi connectivity index (χ1v) is 10.0. The highest BCUT2D eigenvalue weighted by atomic mass is 32.2. The van der Waals surface area contributed by atoms with E-state index in [9.17, 15) is 12.8 Å². The van der Waals surface area contributed by atoms with Crippen molar-refractivity contribution in [3.63, 3.8) is 0 Å². The number of aromatic amines is 1. The first-order valence-electron chi connectivity index (χ1n) is 7.68. The van der Waals surface area contributed by atoms with Crippen molar-refractivity contribution >= 4 is 21.4 Å². The number of furan rings is 1. The van der Waals surface area contributed by atoms with E-state index >= 15 is 0 Å². The molecule has 11 heteroatoms. The molecule has 3 aromatic heterocycles. The summed E-state index contributed by atoms with van der Waals surface area (Å²) in [4.78, 5) is 0.834. The van der Waals surface area contributed by atoms with E-state index in [-0.39, 0.29) is 22.8 Å². The zero-order valence-corrected chi connectivity index (χ0v) is 15.2. The number of sulfonamides is 1. The van der Waals surface area contributed by atoms with Crippen LogP contribution >= 0.6 is 11.3 Å². The van der Waals surface area contributed by atoms with Gasteiger partial charge in [-0.25, -0.2) is 17.5 Å². The number of hydrogen-bond acceptors (Lipinski definition) is 7. The Labute approximate surface area is 157 Å². The van der Waals surface area contributed by atoms with Crippen LogP contribution in [0.5, 0.6) is 0 Å². The van der Waals surface area contributed by atoms with E-state index in [2.05, 4.69) is 25.3 Å². The number of hydrogen-bond donors (Lipinski definition) is 2. The molecule has 4 aromatic rings. The fraction of sp³-hybridized carbons (Fsp3) is 0.0625. The second-order valence-corrected chi connectivity index (χ2v) is 8.16. The normalized spacial score (nSPS) is 11.7. The first-order chi connectivity index (χ1) is 13.0. The highest BCUT2D eigenvalue weighted by Crippen LogP contribution is 2.27. The van der Waals surface area contributed by atoms with Crippen LogP contribution in [-0.4, -0.2) is 29.0 Å². The van der Waals surface area contributed by atoms with Gasteiger partial charge in [0.15, 0.2) is 0 Å². The van der Waals surface area contributed by atoms with Gasteiger partial charge in [0.05, 0.1) is 21.9 Å². The molecular formula is C16H12FN5O3S2. The molecule has 4 rings (SSSR count). The van der Waals surface area contributed by atoms with Crippen LogP contribution in [0.2, 0.25) is 0 Å². The second kappa shape index (κ2) is 7.02. The van der Waals surface area contributed by atoms with Gasteiger partial charge in [-0.3, -0.25) is 0 Å². The summed E-state index contributed by atoms with van der Waals surface area (Å²) in [5.41, 5.74) is -0.0652. The predicted molar refractivity (Wildman–Crippen MR) is 95.6 cm³/mol. The minimum Gasteiger partial charge on any atom is -0.459 e. The van der Waals surface area contributed by atoms with E-state index in [1.54, 1.807) is 12.1 Å². The van der Waals surface area contributed by atoms with E-state index in [1.165, 1.54) is 17.4 Å².